The van der Waals surface area contributed by atoms with E-state index in [1.807, 2.05) is 31.4 Å². The van der Waals surface area contributed by atoms with Gasteiger partial charge in [-0.2, -0.15) is 0 Å². The number of hydrogen-bond acceptors (Lipinski definition) is 4. The summed E-state index contributed by atoms with van der Waals surface area (Å²) in [4.78, 5) is 14.2. The molecule has 0 aliphatic heterocycles. The zero-order valence-electron chi connectivity index (χ0n) is 11.6. The molecule has 0 aliphatic rings. The standard InChI is InChI=1S/C13H16N2O4S2/c1-13(2,11-4-3-5-20-11)8-15-21(18,19)9-6-10(12(16)17)14-7-9/h3-7,14-15H,8H2,1-2H3,(H,16,17). The van der Waals surface area contributed by atoms with E-state index in [0.717, 1.165) is 10.9 Å². The number of thiophene rings is 1. The van der Waals surface area contributed by atoms with Crippen LogP contribution in [0.2, 0.25) is 0 Å². The summed E-state index contributed by atoms with van der Waals surface area (Å²) >= 11 is 1.57. The Labute approximate surface area is 126 Å². The molecule has 2 aromatic rings. The normalized spacial score (nSPS) is 12.5. The highest BCUT2D eigenvalue weighted by Gasteiger charge is 2.26. The molecule has 0 amide bonds. The molecule has 8 heteroatoms. The minimum Gasteiger partial charge on any atom is -0.477 e. The molecule has 0 aliphatic carbocycles. The second-order valence-corrected chi connectivity index (χ2v) is 7.95. The smallest absolute Gasteiger partial charge is 0.352 e. The number of nitrogens with one attached hydrogen (secondary N) is 2. The zero-order valence-corrected chi connectivity index (χ0v) is 13.2. The number of aromatic carboxylic acids is 1. The lowest BCUT2D eigenvalue weighted by Crippen LogP contribution is -2.36. The highest BCUT2D eigenvalue weighted by molar-refractivity contribution is 7.89. The van der Waals surface area contributed by atoms with Crippen LogP contribution in [-0.2, 0) is 15.4 Å². The fourth-order valence-electron chi connectivity index (χ4n) is 1.76. The summed E-state index contributed by atoms with van der Waals surface area (Å²) in [5.41, 5.74) is -0.499. The molecular formula is C13H16N2O4S2. The highest BCUT2D eigenvalue weighted by Crippen LogP contribution is 2.27. The Morgan fingerprint density at radius 2 is 2.19 bits per heavy atom. The van der Waals surface area contributed by atoms with E-state index >= 15 is 0 Å². The molecule has 0 atom stereocenters. The number of rotatable bonds is 6. The molecule has 0 unspecified atom stereocenters. The van der Waals surface area contributed by atoms with E-state index in [-0.39, 0.29) is 22.5 Å². The number of carboxylic acids is 1. The Hall–Kier alpha value is -1.64. The summed E-state index contributed by atoms with van der Waals surface area (Å²) in [5, 5.41) is 10.7. The van der Waals surface area contributed by atoms with Crippen LogP contribution in [-0.4, -0.2) is 31.0 Å². The summed E-state index contributed by atoms with van der Waals surface area (Å²) in [5.74, 6) is -1.20. The minimum absolute atomic E-state index is 0.0816. The molecule has 114 valence electrons. The van der Waals surface area contributed by atoms with Crippen LogP contribution in [0.25, 0.3) is 0 Å². The maximum Gasteiger partial charge on any atom is 0.352 e. The lowest BCUT2D eigenvalue weighted by Gasteiger charge is -2.23. The summed E-state index contributed by atoms with van der Waals surface area (Å²) in [6.07, 6.45) is 1.17. The van der Waals surface area contributed by atoms with Crippen LogP contribution in [0.15, 0.2) is 34.7 Å². The van der Waals surface area contributed by atoms with Crippen molar-refractivity contribution in [3.05, 3.63) is 40.3 Å². The van der Waals surface area contributed by atoms with Crippen LogP contribution < -0.4 is 4.72 Å². The molecule has 0 bridgehead atoms. The van der Waals surface area contributed by atoms with Crippen molar-refractivity contribution in [1.82, 2.24) is 9.71 Å². The van der Waals surface area contributed by atoms with Gasteiger partial charge in [0.25, 0.3) is 0 Å². The average molecular weight is 328 g/mol. The van der Waals surface area contributed by atoms with Gasteiger partial charge in [0.1, 0.15) is 10.6 Å². The average Bonchev–Trinajstić information content (AvgIpc) is 3.07. The van der Waals surface area contributed by atoms with Crippen LogP contribution in [0.3, 0.4) is 0 Å². The third-order valence-corrected chi connectivity index (χ3v) is 5.71. The molecule has 0 radical (unpaired) electrons. The van der Waals surface area contributed by atoms with Crippen LogP contribution in [0, 0.1) is 0 Å². The van der Waals surface area contributed by atoms with Crippen LogP contribution in [0.1, 0.15) is 29.2 Å². The second kappa shape index (κ2) is 5.63. The Balaban J connectivity index is 2.12. The van der Waals surface area contributed by atoms with Crippen molar-refractivity contribution in [2.45, 2.75) is 24.2 Å². The van der Waals surface area contributed by atoms with Gasteiger partial charge in [0, 0.05) is 23.0 Å². The lowest BCUT2D eigenvalue weighted by molar-refractivity contribution is 0.0691. The molecule has 0 spiro atoms. The Bertz CT molecular complexity index is 730. The van der Waals surface area contributed by atoms with E-state index in [0.29, 0.717) is 0 Å². The summed E-state index contributed by atoms with van der Waals surface area (Å²) < 4.78 is 26.8. The first-order chi connectivity index (χ1) is 9.72. The molecule has 2 aromatic heterocycles. The van der Waals surface area contributed by atoms with Crippen molar-refractivity contribution < 1.29 is 18.3 Å². The predicted molar refractivity (Wildman–Crippen MR) is 80.3 cm³/mol. The molecule has 21 heavy (non-hydrogen) atoms. The molecule has 0 saturated heterocycles. The number of aromatic amines is 1. The topological polar surface area (TPSA) is 99.3 Å². The quantitative estimate of drug-likeness (QED) is 0.755. The van der Waals surface area contributed by atoms with E-state index in [1.165, 1.54) is 6.20 Å². The van der Waals surface area contributed by atoms with Gasteiger partial charge in [-0.1, -0.05) is 19.9 Å². The first-order valence-electron chi connectivity index (χ1n) is 6.18. The zero-order chi connectivity index (χ0) is 15.7. The Kier molecular flexibility index (Phi) is 4.22. The van der Waals surface area contributed by atoms with E-state index in [4.69, 9.17) is 5.11 Å². The highest BCUT2D eigenvalue weighted by atomic mass is 32.2. The van der Waals surface area contributed by atoms with Gasteiger partial charge in [0.2, 0.25) is 10.0 Å². The van der Waals surface area contributed by atoms with Crippen molar-refractivity contribution in [1.29, 1.82) is 0 Å². The van der Waals surface area contributed by atoms with Gasteiger partial charge in [-0.3, -0.25) is 0 Å². The van der Waals surface area contributed by atoms with Gasteiger partial charge in [-0.25, -0.2) is 17.9 Å². The van der Waals surface area contributed by atoms with Gasteiger partial charge >= 0.3 is 5.97 Å². The number of hydrogen-bond donors (Lipinski definition) is 3. The number of aromatic nitrogens is 1. The van der Waals surface area contributed by atoms with Gasteiger partial charge < -0.3 is 10.1 Å². The van der Waals surface area contributed by atoms with E-state index < -0.39 is 16.0 Å². The third-order valence-electron chi connectivity index (χ3n) is 3.09. The first kappa shape index (κ1) is 15.7. The predicted octanol–water partition coefficient (Wildman–Crippen LogP) is 2.03. The number of H-pyrrole nitrogens is 1. The van der Waals surface area contributed by atoms with Crippen LogP contribution >= 0.6 is 11.3 Å². The molecule has 2 rings (SSSR count). The summed E-state index contributed by atoms with van der Waals surface area (Å²) in [7, 11) is -3.74. The molecule has 2 heterocycles. The molecule has 6 nitrogen and oxygen atoms in total. The molecule has 3 N–H and O–H groups in total. The third kappa shape index (κ3) is 3.52. The largest absolute Gasteiger partial charge is 0.477 e. The van der Waals surface area contributed by atoms with E-state index in [1.54, 1.807) is 11.3 Å². The van der Waals surface area contributed by atoms with Gasteiger partial charge in [-0.15, -0.1) is 11.3 Å². The second-order valence-electron chi connectivity index (χ2n) is 5.24. The van der Waals surface area contributed by atoms with Crippen molar-refractivity contribution in [3.8, 4) is 0 Å². The fourth-order valence-corrected chi connectivity index (χ4v) is 3.82. The molecule has 0 fully saturated rings. The Morgan fingerprint density at radius 1 is 1.48 bits per heavy atom. The van der Waals surface area contributed by atoms with Crippen LogP contribution in [0.4, 0.5) is 0 Å². The van der Waals surface area contributed by atoms with Gasteiger partial charge in [-0.05, 0) is 17.5 Å². The van der Waals surface area contributed by atoms with Gasteiger partial charge in [0.15, 0.2) is 0 Å². The van der Waals surface area contributed by atoms with E-state index in [9.17, 15) is 13.2 Å². The number of sulfonamides is 1. The van der Waals surface area contributed by atoms with Crippen molar-refractivity contribution in [3.63, 3.8) is 0 Å². The van der Waals surface area contributed by atoms with Crippen LogP contribution in [0.5, 0.6) is 0 Å². The monoisotopic (exact) mass is 328 g/mol. The minimum atomic E-state index is -3.74. The van der Waals surface area contributed by atoms with Crippen molar-refractivity contribution in [2.24, 2.45) is 0 Å². The van der Waals surface area contributed by atoms with Crippen molar-refractivity contribution >= 4 is 27.3 Å². The fraction of sp³-hybridized carbons (Fsp3) is 0.308. The SMILES string of the molecule is CC(C)(CNS(=O)(=O)c1c[nH]c(C(=O)O)c1)c1cccs1. The summed E-state index contributed by atoms with van der Waals surface area (Å²) in [6, 6.07) is 4.97. The maximum absolute atomic E-state index is 12.2. The first-order valence-corrected chi connectivity index (χ1v) is 8.54. The molecular weight excluding hydrogens is 312 g/mol. The lowest BCUT2D eigenvalue weighted by atomic mass is 9.92. The molecule has 0 saturated carbocycles. The van der Waals surface area contributed by atoms with Crippen molar-refractivity contribution in [2.75, 3.05) is 6.54 Å². The van der Waals surface area contributed by atoms with Gasteiger partial charge in [0.05, 0.1) is 0 Å². The molecule has 0 aromatic carbocycles. The Morgan fingerprint density at radius 3 is 2.71 bits per heavy atom. The number of carboxylic acid groups (broad SMARTS) is 1. The summed E-state index contributed by atoms with van der Waals surface area (Å²) in [6.45, 7) is 4.12. The maximum atomic E-state index is 12.2. The number of carbonyl (C=O) groups is 1. The van der Waals surface area contributed by atoms with E-state index in [2.05, 4.69) is 9.71 Å².